The van der Waals surface area contributed by atoms with Crippen molar-refractivity contribution in [1.29, 1.82) is 0 Å². The van der Waals surface area contributed by atoms with Crippen LogP contribution in [0.25, 0.3) is 112 Å². The first-order chi connectivity index (χ1) is 42.3. The summed E-state index contributed by atoms with van der Waals surface area (Å²) in [4.78, 5) is 88.7. The van der Waals surface area contributed by atoms with Crippen molar-refractivity contribution >= 4 is 67.8 Å². The molecule has 18 nitrogen and oxygen atoms in total. The maximum atomic E-state index is 13.1. The number of aromatic amines is 4. The normalized spacial score (nSPS) is 11.6. The highest BCUT2D eigenvalue weighted by Crippen LogP contribution is 2.32. The largest absolute Gasteiger partial charge is 0.352 e. The van der Waals surface area contributed by atoms with Gasteiger partial charge in [0.05, 0.1) is 44.1 Å². The van der Waals surface area contributed by atoms with E-state index in [1.807, 2.05) is 159 Å². The van der Waals surface area contributed by atoms with Crippen molar-refractivity contribution in [3.05, 3.63) is 192 Å². The zero-order valence-electron chi connectivity index (χ0n) is 48.8. The summed E-state index contributed by atoms with van der Waals surface area (Å²) in [6.07, 6.45) is 2.39. The zero-order valence-corrected chi connectivity index (χ0v) is 48.8. The van der Waals surface area contributed by atoms with Crippen molar-refractivity contribution in [2.45, 2.75) is 19.3 Å². The molecule has 0 aliphatic carbocycles. The molecule has 0 aliphatic heterocycles. The van der Waals surface area contributed by atoms with Gasteiger partial charge >= 0.3 is 0 Å². The maximum absolute atomic E-state index is 13.1. The number of likely N-dealkylation sites (N-methyl/N-ethyl adjacent to an activating group) is 2. The van der Waals surface area contributed by atoms with Gasteiger partial charge in [-0.25, -0.2) is 19.9 Å². The predicted octanol–water partition coefficient (Wildman–Crippen LogP) is 11.1. The Bertz CT molecular complexity index is 4180. The standard InChI is InChI=1S/C69H66N14O4/c1-82(2)36-34-72-68(86)48-20-12-44(13-21-48)64-76-56-30-26-52(40-60(56)80-64)50-24-28-54-58(38-50)78-62(74-54)42-8-16-46(17-9-42)66(84)70-32-6-5-7-33-71-67(85)47-18-10-43(11-19-47)63-75-55-29-25-51(39-59(55)79-63)53-27-31-57-61(41-53)81-65(77-57)45-14-22-49(23-15-45)69(87)73-35-37-83(3)4/h8-31,38-41H,5-7,32-37H2,1-4H3,(H,70,84)(H,71,85)(H,72,86)(H,73,87)(H,74,78)(H,75,79)(H,76,80)(H,77,81). The maximum Gasteiger partial charge on any atom is 0.251 e. The van der Waals surface area contributed by atoms with Gasteiger partial charge in [-0.2, -0.15) is 0 Å². The second-order valence-corrected chi connectivity index (χ2v) is 22.3. The van der Waals surface area contributed by atoms with Crippen molar-refractivity contribution in [3.8, 4) is 67.8 Å². The minimum Gasteiger partial charge on any atom is -0.352 e. The van der Waals surface area contributed by atoms with Crippen LogP contribution in [-0.2, 0) is 0 Å². The van der Waals surface area contributed by atoms with Crippen LogP contribution in [-0.4, -0.2) is 141 Å². The van der Waals surface area contributed by atoms with Crippen molar-refractivity contribution in [1.82, 2.24) is 70.9 Å². The topological polar surface area (TPSA) is 238 Å². The molecule has 0 bridgehead atoms. The lowest BCUT2D eigenvalue weighted by Crippen LogP contribution is -2.31. The molecule has 12 aromatic rings. The van der Waals surface area contributed by atoms with E-state index >= 15 is 0 Å². The Labute approximate surface area is 502 Å². The minimum atomic E-state index is -0.146. The lowest BCUT2D eigenvalue weighted by Gasteiger charge is -2.10. The number of carbonyl (C=O) groups is 4. The summed E-state index contributed by atoms with van der Waals surface area (Å²) in [5, 5.41) is 12.0. The smallest absolute Gasteiger partial charge is 0.251 e. The van der Waals surface area contributed by atoms with Crippen LogP contribution in [0.3, 0.4) is 0 Å². The fraction of sp³-hybridized carbons (Fsp3) is 0.188. The van der Waals surface area contributed by atoms with E-state index in [1.165, 1.54) is 0 Å². The van der Waals surface area contributed by atoms with Crippen LogP contribution in [0.5, 0.6) is 0 Å². The summed E-state index contributed by atoms with van der Waals surface area (Å²) in [6, 6.07) is 54.3. The molecule has 0 saturated carbocycles. The number of hydrogen-bond acceptors (Lipinski definition) is 10. The minimum absolute atomic E-state index is 0.100. The van der Waals surface area contributed by atoms with Crippen LogP contribution in [0.15, 0.2) is 170 Å². The molecule has 12 rings (SSSR count). The molecule has 8 aromatic carbocycles. The SMILES string of the molecule is CN(C)CCNC(=O)c1ccc(-c2nc3cc(-c4ccc5[nH]c(-c6ccc(C(=O)NCCCCCNC(=O)c7ccc(-c8nc9cc(-c%10ccc%11[nH]c(-c%12ccc(C(=O)NCCN(C)C)cc%12)nc%11c%10)ccc9[nH]8)cc7)cc6)nc5c4)ccc3[nH]2)cc1. The Kier molecular flexibility index (Phi) is 16.6. The van der Waals surface area contributed by atoms with Gasteiger partial charge in [-0.1, -0.05) is 72.8 Å². The molecule has 4 heterocycles. The molecule has 8 N–H and O–H groups in total. The highest BCUT2D eigenvalue weighted by Gasteiger charge is 2.16. The molecule has 87 heavy (non-hydrogen) atoms. The Morgan fingerprint density at radius 3 is 0.782 bits per heavy atom. The number of nitrogens with one attached hydrogen (secondary N) is 8. The summed E-state index contributed by atoms with van der Waals surface area (Å²) in [5.41, 5.74) is 16.8. The Morgan fingerprint density at radius 2 is 0.540 bits per heavy atom. The van der Waals surface area contributed by atoms with Gasteiger partial charge in [-0.15, -0.1) is 0 Å². The number of hydrogen-bond donors (Lipinski definition) is 8. The summed E-state index contributed by atoms with van der Waals surface area (Å²) in [5.74, 6) is 2.38. The number of imidazole rings is 4. The van der Waals surface area contributed by atoms with Gasteiger partial charge in [-0.05, 0) is 167 Å². The van der Waals surface area contributed by atoms with Gasteiger partial charge in [0.2, 0.25) is 0 Å². The highest BCUT2D eigenvalue weighted by atomic mass is 16.2. The third kappa shape index (κ3) is 13.2. The van der Waals surface area contributed by atoms with Gasteiger partial charge in [0.25, 0.3) is 23.6 Å². The number of rotatable bonds is 22. The monoisotopic (exact) mass is 1150 g/mol. The first-order valence-electron chi connectivity index (χ1n) is 29.2. The second kappa shape index (κ2) is 25.3. The lowest BCUT2D eigenvalue weighted by atomic mass is 10.0. The molecular formula is C69H66N14O4. The highest BCUT2D eigenvalue weighted by molar-refractivity contribution is 5.98. The molecule has 0 fully saturated rings. The lowest BCUT2D eigenvalue weighted by molar-refractivity contribution is 0.0942. The number of benzene rings is 8. The molecule has 0 spiro atoms. The number of H-pyrrole nitrogens is 4. The first-order valence-corrected chi connectivity index (χ1v) is 29.2. The van der Waals surface area contributed by atoms with Gasteiger partial charge in [-0.3, -0.25) is 19.2 Å². The Balaban J connectivity index is 0.576. The van der Waals surface area contributed by atoms with Crippen molar-refractivity contribution in [2.24, 2.45) is 0 Å². The van der Waals surface area contributed by atoms with E-state index in [0.717, 1.165) is 133 Å². The molecule has 4 aromatic heterocycles. The fourth-order valence-corrected chi connectivity index (χ4v) is 10.4. The number of unbranched alkanes of at least 4 members (excludes halogenated alkanes) is 2. The quantitative estimate of drug-likeness (QED) is 0.0299. The summed E-state index contributed by atoms with van der Waals surface area (Å²) in [7, 11) is 7.89. The number of aromatic nitrogens is 8. The van der Waals surface area contributed by atoms with Crippen LogP contribution < -0.4 is 21.3 Å². The van der Waals surface area contributed by atoms with Crippen LogP contribution in [0.2, 0.25) is 0 Å². The number of amides is 4. The van der Waals surface area contributed by atoms with Gasteiger partial charge < -0.3 is 51.0 Å². The molecular weight excluding hydrogens is 1090 g/mol. The molecule has 0 aliphatic rings. The Morgan fingerprint density at radius 1 is 0.310 bits per heavy atom. The predicted molar refractivity (Wildman–Crippen MR) is 344 cm³/mol. The Hall–Kier alpha value is -10.6. The van der Waals surface area contributed by atoms with Gasteiger partial charge in [0.15, 0.2) is 0 Å². The third-order valence-electron chi connectivity index (χ3n) is 15.4. The molecule has 0 atom stereocenters. The van der Waals surface area contributed by atoms with Crippen molar-refractivity contribution < 1.29 is 19.2 Å². The van der Waals surface area contributed by atoms with Crippen LogP contribution in [0.4, 0.5) is 0 Å². The molecule has 0 saturated heterocycles. The number of fused-ring (bicyclic) bond motifs is 4. The number of nitrogens with zero attached hydrogens (tertiary/aromatic N) is 6. The summed E-state index contributed by atoms with van der Waals surface area (Å²) >= 11 is 0. The van der Waals surface area contributed by atoms with Crippen LogP contribution >= 0.6 is 0 Å². The van der Waals surface area contributed by atoms with E-state index in [0.29, 0.717) is 60.1 Å². The average molecular weight is 1160 g/mol. The molecule has 4 amide bonds. The summed E-state index contributed by atoms with van der Waals surface area (Å²) < 4.78 is 0. The van der Waals surface area contributed by atoms with Gasteiger partial charge in [0, 0.05) is 83.8 Å². The molecule has 0 radical (unpaired) electrons. The fourth-order valence-electron chi connectivity index (χ4n) is 10.4. The van der Waals surface area contributed by atoms with E-state index < -0.39 is 0 Å². The van der Waals surface area contributed by atoms with Crippen LogP contribution in [0, 0.1) is 0 Å². The van der Waals surface area contributed by atoms with Crippen molar-refractivity contribution in [3.63, 3.8) is 0 Å². The van der Waals surface area contributed by atoms with E-state index in [2.05, 4.69) is 89.7 Å². The second-order valence-electron chi connectivity index (χ2n) is 22.3. The zero-order chi connectivity index (χ0) is 60.0. The third-order valence-corrected chi connectivity index (χ3v) is 15.4. The average Bonchev–Trinajstić information content (AvgIpc) is 2.50. The van der Waals surface area contributed by atoms with Gasteiger partial charge in [0.1, 0.15) is 23.3 Å². The van der Waals surface area contributed by atoms with E-state index in [1.54, 1.807) is 0 Å². The molecule has 0 unspecified atom stereocenters. The molecule has 436 valence electrons. The van der Waals surface area contributed by atoms with E-state index in [9.17, 15) is 19.2 Å². The molecule has 18 heteroatoms. The van der Waals surface area contributed by atoms with Crippen LogP contribution in [0.1, 0.15) is 60.7 Å². The number of carbonyl (C=O) groups excluding carboxylic acids is 4. The van der Waals surface area contributed by atoms with Crippen molar-refractivity contribution in [2.75, 3.05) is 67.5 Å². The van der Waals surface area contributed by atoms with E-state index in [-0.39, 0.29) is 23.6 Å². The summed E-state index contributed by atoms with van der Waals surface area (Å²) in [6.45, 7) is 3.74. The van der Waals surface area contributed by atoms with E-state index in [4.69, 9.17) is 19.9 Å². The first kappa shape index (κ1) is 56.9.